The first-order valence-corrected chi connectivity index (χ1v) is 8.66. The number of benzene rings is 2. The average Bonchev–Trinajstić information content (AvgIpc) is 2.67. The highest BCUT2D eigenvalue weighted by Gasteiger charge is 2.13. The third-order valence-corrected chi connectivity index (χ3v) is 4.21. The average molecular weight is 352 g/mol. The Balaban J connectivity index is 1.80. The Morgan fingerprint density at radius 2 is 1.88 bits per heavy atom. The van der Waals surface area contributed by atoms with Crippen molar-refractivity contribution < 1.29 is 13.9 Å². The molecule has 0 saturated carbocycles. The lowest BCUT2D eigenvalue weighted by molar-refractivity contribution is 0.153. The topological polar surface area (TPSA) is 42.4 Å². The summed E-state index contributed by atoms with van der Waals surface area (Å²) in [5.74, 6) is -0.300. The lowest BCUT2D eigenvalue weighted by Gasteiger charge is -2.17. The highest BCUT2D eigenvalue weighted by atomic mass is 19.1. The number of unbranched alkanes of at least 4 members (excludes halogenated alkanes) is 1. The maximum atomic E-state index is 14.3. The van der Waals surface area contributed by atoms with Crippen LogP contribution in [0.5, 0.6) is 0 Å². The molecular formula is C21H21FN2O2. The number of carbonyl (C=O) groups excluding carboxylic acids is 1. The van der Waals surface area contributed by atoms with Crippen LogP contribution in [0.2, 0.25) is 0 Å². The number of aromatic nitrogens is 1. The van der Waals surface area contributed by atoms with Crippen molar-refractivity contribution in [2.75, 3.05) is 18.6 Å². The van der Waals surface area contributed by atoms with Crippen LogP contribution >= 0.6 is 0 Å². The standard InChI is InChI=1S/C21H21FN2O2/c1-3-4-13-26-21(25)24(2)16-11-9-15(10-12-16)20-14-18(22)17-7-5-6-8-19(17)23-20/h5-12,14H,3-4,13H2,1-2H3. The quantitative estimate of drug-likeness (QED) is 0.576. The minimum atomic E-state index is -0.388. The van der Waals surface area contributed by atoms with E-state index < -0.39 is 0 Å². The summed E-state index contributed by atoms with van der Waals surface area (Å²) < 4.78 is 19.5. The molecule has 134 valence electrons. The Kier molecular flexibility index (Phi) is 5.46. The molecule has 1 amide bonds. The van der Waals surface area contributed by atoms with Crippen molar-refractivity contribution in [1.29, 1.82) is 0 Å². The maximum absolute atomic E-state index is 14.3. The summed E-state index contributed by atoms with van der Waals surface area (Å²) in [5, 5.41) is 0.502. The maximum Gasteiger partial charge on any atom is 0.414 e. The molecule has 1 aromatic heterocycles. The third kappa shape index (κ3) is 3.82. The van der Waals surface area contributed by atoms with Gasteiger partial charge in [0.05, 0.1) is 17.8 Å². The fourth-order valence-electron chi connectivity index (χ4n) is 2.64. The van der Waals surface area contributed by atoms with Crippen LogP contribution in [0.4, 0.5) is 14.9 Å². The summed E-state index contributed by atoms with van der Waals surface area (Å²) in [6.07, 6.45) is 1.43. The van der Waals surface area contributed by atoms with Crippen LogP contribution < -0.4 is 4.90 Å². The van der Waals surface area contributed by atoms with Gasteiger partial charge in [0.25, 0.3) is 0 Å². The largest absolute Gasteiger partial charge is 0.449 e. The van der Waals surface area contributed by atoms with Gasteiger partial charge in [-0.2, -0.15) is 0 Å². The molecule has 0 bridgehead atoms. The normalized spacial score (nSPS) is 10.7. The zero-order valence-electron chi connectivity index (χ0n) is 14.9. The lowest BCUT2D eigenvalue weighted by atomic mass is 10.1. The van der Waals surface area contributed by atoms with Crippen molar-refractivity contribution in [3.8, 4) is 11.3 Å². The number of fused-ring (bicyclic) bond motifs is 1. The number of carbonyl (C=O) groups is 1. The Bertz CT molecular complexity index is 910. The first-order valence-electron chi connectivity index (χ1n) is 8.66. The van der Waals surface area contributed by atoms with Gasteiger partial charge in [-0.15, -0.1) is 0 Å². The van der Waals surface area contributed by atoms with Gasteiger partial charge in [-0.25, -0.2) is 14.2 Å². The zero-order chi connectivity index (χ0) is 18.5. The fourth-order valence-corrected chi connectivity index (χ4v) is 2.64. The van der Waals surface area contributed by atoms with E-state index in [0.29, 0.717) is 28.9 Å². The number of anilines is 1. The molecule has 0 aliphatic carbocycles. The van der Waals surface area contributed by atoms with Crippen molar-refractivity contribution >= 4 is 22.7 Å². The Morgan fingerprint density at radius 3 is 2.62 bits per heavy atom. The molecule has 0 radical (unpaired) electrons. The predicted molar refractivity (Wildman–Crippen MR) is 102 cm³/mol. The fraction of sp³-hybridized carbons (Fsp3) is 0.238. The Labute approximate surface area is 152 Å². The van der Waals surface area contributed by atoms with Crippen LogP contribution in [0, 0.1) is 5.82 Å². The molecule has 0 spiro atoms. The first kappa shape index (κ1) is 17.9. The van der Waals surface area contributed by atoms with Gasteiger partial charge in [0.15, 0.2) is 0 Å². The molecule has 0 fully saturated rings. The molecule has 0 aliphatic rings. The van der Waals surface area contributed by atoms with Gasteiger partial charge in [-0.05, 0) is 30.7 Å². The summed E-state index contributed by atoms with van der Waals surface area (Å²) in [6.45, 7) is 2.46. The van der Waals surface area contributed by atoms with Gasteiger partial charge in [0, 0.05) is 29.8 Å². The summed E-state index contributed by atoms with van der Waals surface area (Å²) >= 11 is 0. The number of rotatable bonds is 5. The number of hydrogen-bond acceptors (Lipinski definition) is 3. The molecule has 0 saturated heterocycles. The van der Waals surface area contributed by atoms with E-state index in [1.54, 1.807) is 37.4 Å². The number of hydrogen-bond donors (Lipinski definition) is 0. The molecule has 0 atom stereocenters. The number of amides is 1. The number of halogens is 1. The van der Waals surface area contributed by atoms with E-state index in [1.807, 2.05) is 25.1 Å². The number of pyridine rings is 1. The Hall–Kier alpha value is -2.95. The molecule has 0 aliphatic heterocycles. The van der Waals surface area contributed by atoms with Crippen LogP contribution in [0.25, 0.3) is 22.2 Å². The van der Waals surface area contributed by atoms with Crippen LogP contribution in [-0.2, 0) is 4.74 Å². The molecule has 2 aromatic carbocycles. The summed E-state index contributed by atoms with van der Waals surface area (Å²) in [4.78, 5) is 18.0. The zero-order valence-corrected chi connectivity index (χ0v) is 14.9. The molecule has 5 heteroatoms. The van der Waals surface area contributed by atoms with Crippen LogP contribution in [0.15, 0.2) is 54.6 Å². The van der Waals surface area contributed by atoms with Gasteiger partial charge in [0.2, 0.25) is 0 Å². The van der Waals surface area contributed by atoms with Gasteiger partial charge in [-0.1, -0.05) is 37.6 Å². The number of para-hydroxylation sites is 1. The van der Waals surface area contributed by atoms with Crippen LogP contribution in [-0.4, -0.2) is 24.7 Å². The lowest BCUT2D eigenvalue weighted by Crippen LogP contribution is -2.27. The second-order valence-electron chi connectivity index (χ2n) is 6.08. The smallest absolute Gasteiger partial charge is 0.414 e. The monoisotopic (exact) mass is 352 g/mol. The third-order valence-electron chi connectivity index (χ3n) is 4.21. The van der Waals surface area contributed by atoms with Crippen molar-refractivity contribution in [3.05, 3.63) is 60.4 Å². The van der Waals surface area contributed by atoms with Crippen molar-refractivity contribution in [2.24, 2.45) is 0 Å². The first-order chi connectivity index (χ1) is 12.6. The highest BCUT2D eigenvalue weighted by Crippen LogP contribution is 2.25. The molecule has 0 unspecified atom stereocenters. The van der Waals surface area contributed by atoms with E-state index >= 15 is 0 Å². The van der Waals surface area contributed by atoms with Crippen LogP contribution in [0.3, 0.4) is 0 Å². The number of nitrogens with zero attached hydrogens (tertiary/aromatic N) is 2. The molecular weight excluding hydrogens is 331 g/mol. The molecule has 3 rings (SSSR count). The van der Waals surface area contributed by atoms with E-state index in [-0.39, 0.29) is 11.9 Å². The van der Waals surface area contributed by atoms with Crippen molar-refractivity contribution in [3.63, 3.8) is 0 Å². The van der Waals surface area contributed by atoms with Gasteiger partial charge in [0.1, 0.15) is 5.82 Å². The minimum Gasteiger partial charge on any atom is -0.449 e. The van der Waals surface area contributed by atoms with Crippen molar-refractivity contribution in [1.82, 2.24) is 4.98 Å². The van der Waals surface area contributed by atoms with E-state index in [9.17, 15) is 9.18 Å². The second-order valence-corrected chi connectivity index (χ2v) is 6.08. The summed E-state index contributed by atoms with van der Waals surface area (Å²) in [6, 6.07) is 15.8. The van der Waals surface area contributed by atoms with Gasteiger partial charge in [-0.3, -0.25) is 4.90 Å². The highest BCUT2D eigenvalue weighted by molar-refractivity contribution is 5.87. The van der Waals surface area contributed by atoms with E-state index in [2.05, 4.69) is 4.98 Å². The van der Waals surface area contributed by atoms with Gasteiger partial charge >= 0.3 is 6.09 Å². The number of ether oxygens (including phenoxy) is 1. The molecule has 3 aromatic rings. The van der Waals surface area contributed by atoms with Crippen molar-refractivity contribution in [2.45, 2.75) is 19.8 Å². The summed E-state index contributed by atoms with van der Waals surface area (Å²) in [7, 11) is 1.66. The molecule has 0 N–H and O–H groups in total. The minimum absolute atomic E-state index is 0.300. The van der Waals surface area contributed by atoms with E-state index in [0.717, 1.165) is 18.4 Å². The summed E-state index contributed by atoms with van der Waals surface area (Å²) in [5.41, 5.74) is 2.66. The van der Waals surface area contributed by atoms with E-state index in [1.165, 1.54) is 11.0 Å². The molecule has 26 heavy (non-hydrogen) atoms. The Morgan fingerprint density at radius 1 is 1.15 bits per heavy atom. The molecule has 4 nitrogen and oxygen atoms in total. The molecule has 1 heterocycles. The second kappa shape index (κ2) is 7.95. The van der Waals surface area contributed by atoms with E-state index in [4.69, 9.17) is 4.74 Å². The van der Waals surface area contributed by atoms with Crippen LogP contribution in [0.1, 0.15) is 19.8 Å². The SMILES string of the molecule is CCCCOC(=O)N(C)c1ccc(-c2cc(F)c3ccccc3n2)cc1. The predicted octanol–water partition coefficient (Wildman–Crippen LogP) is 5.41. The van der Waals surface area contributed by atoms with Gasteiger partial charge < -0.3 is 4.74 Å².